The zero-order valence-electron chi connectivity index (χ0n) is 12.1. The molecule has 0 aliphatic heterocycles. The zero-order valence-corrected chi connectivity index (χ0v) is 15.4. The van der Waals surface area contributed by atoms with Gasteiger partial charge >= 0.3 is 149 Å². The van der Waals surface area contributed by atoms with Gasteiger partial charge in [-0.05, 0) is 0 Å². The SMILES string of the molecule is NS(=O)(=O)c1ccc(CCN=C([Se])Nc2ccccc2Cl)cc1. The number of aliphatic imine (C=N–C) groups is 1. The molecule has 3 N–H and O–H groups in total. The van der Waals surface area contributed by atoms with E-state index < -0.39 is 10.0 Å². The molecule has 23 heavy (non-hydrogen) atoms. The predicted octanol–water partition coefficient (Wildman–Crippen LogP) is 2.17. The van der Waals surface area contributed by atoms with Crippen LogP contribution in [0.1, 0.15) is 5.56 Å². The van der Waals surface area contributed by atoms with Gasteiger partial charge in [0.1, 0.15) is 0 Å². The van der Waals surface area contributed by atoms with Gasteiger partial charge in [0.2, 0.25) is 0 Å². The van der Waals surface area contributed by atoms with Crippen LogP contribution in [0.3, 0.4) is 0 Å². The van der Waals surface area contributed by atoms with Gasteiger partial charge in [0, 0.05) is 0 Å². The Hall–Kier alpha value is -1.37. The number of primary sulfonamides is 1. The Morgan fingerprint density at radius 3 is 2.43 bits per heavy atom. The Morgan fingerprint density at radius 2 is 1.83 bits per heavy atom. The maximum absolute atomic E-state index is 11.2. The molecule has 8 heteroatoms. The standard InChI is InChI=1S/C15H15ClN3O2SSe/c16-13-3-1-2-4-14(13)19-15(23)18-10-9-11-5-7-12(8-6-11)22(17,20)21/h1-8H,9-10H2,(H,18,19)(H2,17,20,21). The molecule has 0 amide bonds. The van der Waals surface area contributed by atoms with Crippen molar-refractivity contribution in [2.75, 3.05) is 11.9 Å². The molecule has 0 fully saturated rings. The Labute approximate surface area is 148 Å². The van der Waals surface area contributed by atoms with Crippen molar-refractivity contribution in [2.45, 2.75) is 11.3 Å². The molecule has 0 saturated heterocycles. The zero-order chi connectivity index (χ0) is 16.9. The number of para-hydroxylation sites is 1. The minimum atomic E-state index is -3.65. The van der Waals surface area contributed by atoms with Gasteiger partial charge in [-0.3, -0.25) is 0 Å². The molecule has 0 unspecified atom stereocenters. The number of halogens is 1. The topological polar surface area (TPSA) is 84.6 Å². The molecule has 0 heterocycles. The molecule has 2 aromatic carbocycles. The Bertz CT molecular complexity index is 808. The number of hydrogen-bond donors (Lipinski definition) is 2. The van der Waals surface area contributed by atoms with Gasteiger partial charge in [-0.25, -0.2) is 0 Å². The Morgan fingerprint density at radius 1 is 1.17 bits per heavy atom. The summed E-state index contributed by atoms with van der Waals surface area (Å²) in [7, 11) is -3.65. The normalized spacial score (nSPS) is 12.2. The number of nitrogens with one attached hydrogen (secondary N) is 1. The summed E-state index contributed by atoms with van der Waals surface area (Å²) in [5, 5.41) is 8.77. The molecule has 0 saturated carbocycles. The fourth-order valence-electron chi connectivity index (χ4n) is 1.85. The van der Waals surface area contributed by atoms with E-state index in [-0.39, 0.29) is 4.90 Å². The number of amidine groups is 1. The van der Waals surface area contributed by atoms with E-state index in [4.69, 9.17) is 16.7 Å². The number of benzene rings is 2. The molecule has 0 spiro atoms. The van der Waals surface area contributed by atoms with Crippen LogP contribution in [0.25, 0.3) is 0 Å². The van der Waals surface area contributed by atoms with E-state index in [2.05, 4.69) is 26.3 Å². The van der Waals surface area contributed by atoms with E-state index in [1.807, 2.05) is 18.2 Å². The fourth-order valence-corrected chi connectivity index (χ4v) is 2.97. The second kappa shape index (κ2) is 7.95. The molecule has 2 rings (SSSR count). The van der Waals surface area contributed by atoms with E-state index in [0.29, 0.717) is 22.7 Å². The summed E-state index contributed by atoms with van der Waals surface area (Å²) in [4.78, 5) is 4.48. The molecule has 0 aliphatic rings. The average Bonchev–Trinajstić information content (AvgIpc) is 2.49. The number of nitrogens with two attached hydrogens (primary N) is 1. The Balaban J connectivity index is 1.92. The molecule has 5 nitrogen and oxygen atoms in total. The van der Waals surface area contributed by atoms with Crippen LogP contribution < -0.4 is 10.5 Å². The molecule has 2 aromatic rings. The monoisotopic (exact) mass is 416 g/mol. The molecular formula is C15H15ClN3O2SSe. The van der Waals surface area contributed by atoms with Gasteiger partial charge in [-0.15, -0.1) is 0 Å². The van der Waals surface area contributed by atoms with Gasteiger partial charge in [0.25, 0.3) is 0 Å². The molecular weight excluding hydrogens is 401 g/mol. The predicted molar refractivity (Wildman–Crippen MR) is 94.6 cm³/mol. The summed E-state index contributed by atoms with van der Waals surface area (Å²) in [5.41, 5.74) is 1.76. The number of anilines is 1. The van der Waals surface area contributed by atoms with Crippen LogP contribution >= 0.6 is 11.6 Å². The van der Waals surface area contributed by atoms with Gasteiger partial charge in [-0.1, -0.05) is 0 Å². The second-order valence-electron chi connectivity index (χ2n) is 4.73. The van der Waals surface area contributed by atoms with Crippen molar-refractivity contribution in [1.29, 1.82) is 0 Å². The van der Waals surface area contributed by atoms with Crippen LogP contribution in [-0.2, 0) is 16.4 Å². The van der Waals surface area contributed by atoms with Gasteiger partial charge in [0.15, 0.2) is 0 Å². The van der Waals surface area contributed by atoms with Crippen molar-refractivity contribution in [2.24, 2.45) is 10.1 Å². The van der Waals surface area contributed by atoms with Crippen molar-refractivity contribution >= 4 is 48.1 Å². The first kappa shape index (κ1) is 18.0. The minimum absolute atomic E-state index is 0.106. The quantitative estimate of drug-likeness (QED) is 0.446. The van der Waals surface area contributed by atoms with Crippen LogP contribution in [0.2, 0.25) is 5.02 Å². The molecule has 0 aromatic heterocycles. The third kappa shape index (κ3) is 5.64. The average molecular weight is 416 g/mol. The van der Waals surface area contributed by atoms with E-state index in [1.54, 1.807) is 18.2 Å². The Kier molecular flexibility index (Phi) is 6.21. The van der Waals surface area contributed by atoms with Crippen LogP contribution in [0.5, 0.6) is 0 Å². The summed E-state index contributed by atoms with van der Waals surface area (Å²) in [6.07, 6.45) is 0.681. The van der Waals surface area contributed by atoms with Crippen molar-refractivity contribution in [1.82, 2.24) is 0 Å². The number of sulfonamides is 1. The molecule has 1 radical (unpaired) electrons. The fraction of sp³-hybridized carbons (Fsp3) is 0.133. The van der Waals surface area contributed by atoms with E-state index in [1.165, 1.54) is 12.1 Å². The third-order valence-electron chi connectivity index (χ3n) is 3.02. The summed E-state index contributed by atoms with van der Waals surface area (Å²) in [5.74, 6) is 0. The van der Waals surface area contributed by atoms with E-state index in [9.17, 15) is 8.42 Å². The van der Waals surface area contributed by atoms with Gasteiger partial charge < -0.3 is 0 Å². The first-order valence-electron chi connectivity index (χ1n) is 6.71. The van der Waals surface area contributed by atoms with Gasteiger partial charge in [-0.2, -0.15) is 0 Å². The number of nitrogens with zero attached hydrogens (tertiary/aromatic N) is 1. The van der Waals surface area contributed by atoms with Crippen molar-refractivity contribution in [3.63, 3.8) is 0 Å². The maximum atomic E-state index is 11.2. The first-order chi connectivity index (χ1) is 10.9. The summed E-state index contributed by atoms with van der Waals surface area (Å²) in [6, 6.07) is 13.9. The van der Waals surface area contributed by atoms with Crippen LogP contribution in [0.15, 0.2) is 58.4 Å². The van der Waals surface area contributed by atoms with Crippen LogP contribution in [0, 0.1) is 0 Å². The van der Waals surface area contributed by atoms with Crippen LogP contribution in [-0.4, -0.2) is 35.7 Å². The first-order valence-corrected chi connectivity index (χ1v) is 9.49. The van der Waals surface area contributed by atoms with Crippen molar-refractivity contribution in [3.8, 4) is 0 Å². The van der Waals surface area contributed by atoms with Crippen molar-refractivity contribution < 1.29 is 8.42 Å². The summed E-state index contributed by atoms with van der Waals surface area (Å²) in [6.45, 7) is 0.550. The van der Waals surface area contributed by atoms with E-state index >= 15 is 0 Å². The van der Waals surface area contributed by atoms with Gasteiger partial charge in [0.05, 0.1) is 0 Å². The molecule has 0 atom stereocenters. The molecule has 0 bridgehead atoms. The number of hydrogen-bond acceptors (Lipinski definition) is 3. The van der Waals surface area contributed by atoms with Crippen LogP contribution in [0.4, 0.5) is 5.69 Å². The molecule has 121 valence electrons. The third-order valence-corrected chi connectivity index (χ3v) is 4.77. The summed E-state index contributed by atoms with van der Waals surface area (Å²) < 4.78 is 23.0. The second-order valence-corrected chi connectivity index (χ2v) is 7.51. The van der Waals surface area contributed by atoms with E-state index in [0.717, 1.165) is 11.3 Å². The molecule has 0 aliphatic carbocycles. The summed E-state index contributed by atoms with van der Waals surface area (Å²) >= 11 is 8.91. The van der Waals surface area contributed by atoms with Crippen molar-refractivity contribution in [3.05, 3.63) is 59.1 Å². The number of rotatable bonds is 5.